The van der Waals surface area contributed by atoms with Crippen LogP contribution in [0.5, 0.6) is 11.5 Å². The Morgan fingerprint density at radius 1 is 0.552 bits per heavy atom. The van der Waals surface area contributed by atoms with E-state index in [1.165, 1.54) is 44.7 Å². The van der Waals surface area contributed by atoms with Crippen LogP contribution in [0.1, 0.15) is 105 Å². The van der Waals surface area contributed by atoms with Crippen molar-refractivity contribution >= 4 is 44.6 Å². The summed E-state index contributed by atoms with van der Waals surface area (Å²) in [5.74, 6) is 2.16. The third-order valence-electron chi connectivity index (χ3n) is 12.2. The molecule has 2 atom stereocenters. The Balaban J connectivity index is 0.00000469. The molecule has 2 aliphatic rings. The zero-order chi connectivity index (χ0) is 40.5. The van der Waals surface area contributed by atoms with Crippen LogP contribution in [0.4, 0.5) is 22.7 Å². The van der Waals surface area contributed by atoms with E-state index in [9.17, 15) is 0 Å². The standard InChI is InChI=1S/C52H55N4O.Pt/c1-49(2,3)34-15-13-16-38(27-34)56-33-55(56,46-24-20-36(29-47(46)56)51(7,8)9)39-17-14-18-40(31-39)57-41-21-23-43-42-22-19-35(50(4,5)6)28-44(42)54(45(43)32-41)48-30-37(25-26-53-48)52(10,11)12;/h13-30,33H,1-12H3;/q-1;/t55?,56-;/m0./s1. The molecule has 0 radical (unpaired) electrons. The van der Waals surface area contributed by atoms with Gasteiger partial charge in [-0.25, -0.2) is 9.58 Å². The predicted molar refractivity (Wildman–Crippen MR) is 238 cm³/mol. The zero-order valence-corrected chi connectivity index (χ0v) is 38.3. The van der Waals surface area contributed by atoms with E-state index < -0.39 is 0 Å². The van der Waals surface area contributed by atoms with Gasteiger partial charge in [0.1, 0.15) is 5.82 Å². The van der Waals surface area contributed by atoms with Gasteiger partial charge in [0, 0.05) is 68.5 Å². The van der Waals surface area contributed by atoms with Crippen molar-refractivity contribution in [3.05, 3.63) is 150 Å². The summed E-state index contributed by atoms with van der Waals surface area (Å²) >= 11 is 0. The molecule has 5 aromatic carbocycles. The molecule has 58 heavy (non-hydrogen) atoms. The summed E-state index contributed by atoms with van der Waals surface area (Å²) in [6.07, 6.45) is 1.93. The molecule has 0 aliphatic carbocycles. The molecule has 2 aliphatic heterocycles. The molecule has 6 heteroatoms. The van der Waals surface area contributed by atoms with E-state index in [2.05, 4.69) is 197 Å². The molecule has 7 aromatic rings. The number of rotatable bonds is 5. The van der Waals surface area contributed by atoms with Gasteiger partial charge in [-0.15, -0.1) is 29.7 Å². The zero-order valence-electron chi connectivity index (χ0n) is 36.0. The van der Waals surface area contributed by atoms with Crippen LogP contribution < -0.4 is 13.9 Å². The maximum absolute atomic E-state index is 6.73. The predicted octanol–water partition coefficient (Wildman–Crippen LogP) is 14.1. The van der Waals surface area contributed by atoms with E-state index in [0.29, 0.717) is 20.7 Å². The molecule has 1 saturated heterocycles. The van der Waals surface area contributed by atoms with Gasteiger partial charge in [-0.1, -0.05) is 125 Å². The van der Waals surface area contributed by atoms with Gasteiger partial charge in [0.25, 0.3) is 0 Å². The van der Waals surface area contributed by atoms with Crippen molar-refractivity contribution in [2.24, 2.45) is 0 Å². The third-order valence-corrected chi connectivity index (χ3v) is 12.2. The van der Waals surface area contributed by atoms with Gasteiger partial charge in [-0.3, -0.25) is 0 Å². The van der Waals surface area contributed by atoms with E-state index in [1.54, 1.807) is 0 Å². The van der Waals surface area contributed by atoms with Crippen molar-refractivity contribution in [2.45, 2.75) is 105 Å². The second kappa shape index (κ2) is 13.2. The first-order valence-corrected chi connectivity index (χ1v) is 20.3. The van der Waals surface area contributed by atoms with Crippen LogP contribution in [0.3, 0.4) is 0 Å². The summed E-state index contributed by atoms with van der Waals surface area (Å²) in [5, 5.41) is 2.28. The molecular formula is C52H55N4OPt-. The maximum atomic E-state index is 6.73. The number of hydrogen-bond acceptors (Lipinski definition) is 2. The molecule has 2 aromatic heterocycles. The van der Waals surface area contributed by atoms with Gasteiger partial charge in [-0.05, 0) is 67.5 Å². The Morgan fingerprint density at radius 3 is 1.86 bits per heavy atom. The molecule has 5 nitrogen and oxygen atoms in total. The molecule has 300 valence electrons. The maximum Gasteiger partial charge on any atom is 0.225 e. The fourth-order valence-electron chi connectivity index (χ4n) is 8.63. The first-order chi connectivity index (χ1) is 26.7. The fraction of sp³-hybridized carbons (Fsp3) is 0.308. The van der Waals surface area contributed by atoms with Crippen LogP contribution in [0, 0.1) is 18.8 Å². The summed E-state index contributed by atoms with van der Waals surface area (Å²) in [6, 6.07) is 45.2. The number of quaternary nitrogens is 2. The van der Waals surface area contributed by atoms with E-state index in [1.807, 2.05) is 18.3 Å². The molecule has 1 fully saturated rings. The minimum Gasteiger partial charge on any atom is -0.509 e. The average Bonchev–Trinajstić information content (AvgIpc) is 3.64. The van der Waals surface area contributed by atoms with Gasteiger partial charge in [-0.2, -0.15) is 16.7 Å². The van der Waals surface area contributed by atoms with Crippen LogP contribution in [-0.2, 0) is 42.7 Å². The Hall–Kier alpha value is -4.54. The second-order valence-electron chi connectivity index (χ2n) is 20.3. The Bertz CT molecular complexity index is 2750. The van der Waals surface area contributed by atoms with E-state index >= 15 is 0 Å². The fourth-order valence-corrected chi connectivity index (χ4v) is 8.63. The van der Waals surface area contributed by atoms with Crippen LogP contribution in [-0.4, -0.2) is 9.55 Å². The minimum atomic E-state index is -0.0234. The first-order valence-electron chi connectivity index (χ1n) is 20.3. The summed E-state index contributed by atoms with van der Waals surface area (Å²) in [5.41, 5.74) is 12.1. The van der Waals surface area contributed by atoms with Gasteiger partial charge in [0.2, 0.25) is 11.4 Å². The van der Waals surface area contributed by atoms with E-state index in [0.717, 1.165) is 27.9 Å². The van der Waals surface area contributed by atoms with Gasteiger partial charge in [0.05, 0.1) is 5.69 Å². The number of fused-ring (bicyclic) bond motifs is 7. The van der Waals surface area contributed by atoms with E-state index in [-0.39, 0.29) is 42.7 Å². The van der Waals surface area contributed by atoms with Gasteiger partial charge in [0.15, 0.2) is 12.4 Å². The number of benzene rings is 5. The Kier molecular flexibility index (Phi) is 9.18. The number of aromatic nitrogens is 2. The molecule has 0 bridgehead atoms. The van der Waals surface area contributed by atoms with Crippen molar-refractivity contribution in [3.8, 4) is 17.3 Å². The summed E-state index contributed by atoms with van der Waals surface area (Å²) in [7, 11) is 0. The largest absolute Gasteiger partial charge is 0.509 e. The molecule has 0 spiro atoms. The van der Waals surface area contributed by atoms with Crippen LogP contribution >= 0.6 is 0 Å². The molecule has 0 saturated carbocycles. The summed E-state index contributed by atoms with van der Waals surface area (Å²) in [4.78, 5) is 4.94. The second-order valence-corrected chi connectivity index (χ2v) is 20.3. The molecule has 0 amide bonds. The Labute approximate surface area is 359 Å². The van der Waals surface area contributed by atoms with Gasteiger partial charge < -0.3 is 9.30 Å². The van der Waals surface area contributed by atoms with Crippen molar-refractivity contribution in [3.63, 3.8) is 0 Å². The van der Waals surface area contributed by atoms with E-state index in [4.69, 9.17) is 9.72 Å². The number of pyridine rings is 1. The van der Waals surface area contributed by atoms with Crippen LogP contribution in [0.15, 0.2) is 109 Å². The number of ether oxygens (including phenoxy) is 1. The normalized spacial score (nSPS) is 19.0. The van der Waals surface area contributed by atoms with Crippen molar-refractivity contribution in [2.75, 3.05) is 0 Å². The molecular weight excluding hydrogens is 892 g/mol. The molecule has 0 N–H and O–H groups in total. The average molecular weight is 947 g/mol. The van der Waals surface area contributed by atoms with Crippen molar-refractivity contribution in [1.29, 1.82) is 0 Å². The SMILES string of the molecule is CC(C)(C)c1cccc([N@+]23[CH-][N+]2(c2[c-]c(Oc4[c-]c5c(cc4)c4ccc(C(C)(C)C)cc4n5-c4cc(C(C)(C)C)ccn4)ccc2)c2ccc(C(C)(C)C)cc23)c1.[Pt]. The summed E-state index contributed by atoms with van der Waals surface area (Å²) in [6.45, 7) is 29.7. The third kappa shape index (κ3) is 6.19. The van der Waals surface area contributed by atoms with Gasteiger partial charge >= 0.3 is 0 Å². The quantitative estimate of drug-likeness (QED) is 0.0977. The molecule has 9 rings (SSSR count). The Morgan fingerprint density at radius 2 is 1.16 bits per heavy atom. The topological polar surface area (TPSA) is 27.1 Å². The minimum absolute atomic E-state index is 0. The molecule has 1 unspecified atom stereocenters. The monoisotopic (exact) mass is 946 g/mol. The first kappa shape index (κ1) is 40.2. The molecule has 4 heterocycles. The summed E-state index contributed by atoms with van der Waals surface area (Å²) < 4.78 is 10.2. The van der Waals surface area contributed by atoms with Crippen molar-refractivity contribution < 1.29 is 25.8 Å². The van der Waals surface area contributed by atoms with Crippen LogP contribution in [0.2, 0.25) is 0 Å². The van der Waals surface area contributed by atoms with Crippen LogP contribution in [0.25, 0.3) is 27.6 Å². The smallest absolute Gasteiger partial charge is 0.225 e. The number of nitrogens with zero attached hydrogens (tertiary/aromatic N) is 4. The number of hydrogen-bond donors (Lipinski definition) is 0. The van der Waals surface area contributed by atoms with Crippen molar-refractivity contribution in [1.82, 2.24) is 18.7 Å².